The Morgan fingerprint density at radius 1 is 1.50 bits per heavy atom. The number of phenolic OH excluding ortho intramolecular Hbond substituents is 1. The van der Waals surface area contributed by atoms with Crippen molar-refractivity contribution in [3.8, 4) is 5.75 Å². The van der Waals surface area contributed by atoms with Crippen LogP contribution >= 0.6 is 0 Å². The average Bonchev–Trinajstić information content (AvgIpc) is 2.34. The summed E-state index contributed by atoms with van der Waals surface area (Å²) in [4.78, 5) is 13.7. The molecule has 0 aromatic heterocycles. The highest BCUT2D eigenvalue weighted by Crippen LogP contribution is 2.14. The summed E-state index contributed by atoms with van der Waals surface area (Å²) in [5.74, 6) is -0.307. The molecule has 0 spiro atoms. The van der Waals surface area contributed by atoms with Crippen molar-refractivity contribution in [1.82, 2.24) is 4.90 Å². The van der Waals surface area contributed by atoms with Crippen molar-refractivity contribution < 1.29 is 15.1 Å². The van der Waals surface area contributed by atoms with E-state index in [-0.39, 0.29) is 30.1 Å². The van der Waals surface area contributed by atoms with Crippen LogP contribution in [-0.4, -0.2) is 39.5 Å². The summed E-state index contributed by atoms with van der Waals surface area (Å²) in [5, 5.41) is 20.8. The van der Waals surface area contributed by atoms with Gasteiger partial charge in [0.15, 0.2) is 5.84 Å². The molecule has 1 aromatic carbocycles. The number of hydrogen-bond acceptors (Lipinski definition) is 4. The molecule has 0 aliphatic carbocycles. The summed E-state index contributed by atoms with van der Waals surface area (Å²) < 4.78 is 0. The predicted molar refractivity (Wildman–Crippen MR) is 67.7 cm³/mol. The van der Waals surface area contributed by atoms with E-state index in [4.69, 9.17) is 10.9 Å². The molecule has 0 saturated carbocycles. The van der Waals surface area contributed by atoms with Crippen LogP contribution in [0.15, 0.2) is 29.4 Å². The maximum atomic E-state index is 12.2. The molecular formula is C12H17N3O3. The molecule has 98 valence electrons. The Labute approximate surface area is 105 Å². The molecule has 6 nitrogen and oxygen atoms in total. The van der Waals surface area contributed by atoms with Gasteiger partial charge in [-0.1, -0.05) is 11.2 Å². The minimum Gasteiger partial charge on any atom is -0.508 e. The number of aromatic hydroxyl groups is 1. The first-order valence-corrected chi connectivity index (χ1v) is 5.52. The van der Waals surface area contributed by atoms with Crippen LogP contribution < -0.4 is 5.73 Å². The van der Waals surface area contributed by atoms with Crippen LogP contribution in [0.4, 0.5) is 0 Å². The fourth-order valence-electron chi connectivity index (χ4n) is 1.50. The molecule has 0 aliphatic rings. The van der Waals surface area contributed by atoms with Crippen molar-refractivity contribution in [3.05, 3.63) is 29.8 Å². The highest BCUT2D eigenvalue weighted by Gasteiger charge is 2.20. The van der Waals surface area contributed by atoms with E-state index in [1.807, 2.05) is 13.8 Å². The number of nitrogens with two attached hydrogens (primary N) is 1. The van der Waals surface area contributed by atoms with E-state index in [9.17, 15) is 9.90 Å². The quantitative estimate of drug-likeness (QED) is 0.321. The lowest BCUT2D eigenvalue weighted by atomic mass is 10.1. The second kappa shape index (κ2) is 5.90. The lowest BCUT2D eigenvalue weighted by Gasteiger charge is -2.26. The second-order valence-electron chi connectivity index (χ2n) is 4.17. The number of phenols is 1. The minimum absolute atomic E-state index is 0.0216. The maximum Gasteiger partial charge on any atom is 0.254 e. The number of carbonyl (C=O) groups excluding carboxylic acids is 1. The fraction of sp³-hybridized carbons (Fsp3) is 0.333. The van der Waals surface area contributed by atoms with Crippen molar-refractivity contribution in [2.75, 3.05) is 6.54 Å². The smallest absolute Gasteiger partial charge is 0.254 e. The van der Waals surface area contributed by atoms with E-state index >= 15 is 0 Å². The molecule has 6 heteroatoms. The third kappa shape index (κ3) is 3.38. The summed E-state index contributed by atoms with van der Waals surface area (Å²) in [6, 6.07) is 5.94. The molecule has 0 unspecified atom stereocenters. The van der Waals surface area contributed by atoms with Crippen molar-refractivity contribution in [3.63, 3.8) is 0 Å². The number of nitrogens with zero attached hydrogens (tertiary/aromatic N) is 2. The highest BCUT2D eigenvalue weighted by molar-refractivity contribution is 5.97. The lowest BCUT2D eigenvalue weighted by Crippen LogP contribution is -2.42. The van der Waals surface area contributed by atoms with Crippen molar-refractivity contribution >= 4 is 11.7 Å². The van der Waals surface area contributed by atoms with Crippen molar-refractivity contribution in [2.45, 2.75) is 19.9 Å². The summed E-state index contributed by atoms with van der Waals surface area (Å²) >= 11 is 0. The second-order valence-corrected chi connectivity index (χ2v) is 4.17. The first-order chi connectivity index (χ1) is 8.45. The van der Waals surface area contributed by atoms with Gasteiger partial charge in [-0.05, 0) is 32.0 Å². The molecule has 1 aromatic rings. The Bertz CT molecular complexity index is 458. The summed E-state index contributed by atoms with van der Waals surface area (Å²) in [6.07, 6.45) is 0. The Morgan fingerprint density at radius 2 is 2.17 bits per heavy atom. The zero-order valence-electron chi connectivity index (χ0n) is 10.4. The van der Waals surface area contributed by atoms with Gasteiger partial charge in [-0.2, -0.15) is 0 Å². The molecule has 0 fully saturated rings. The van der Waals surface area contributed by atoms with Gasteiger partial charge in [-0.15, -0.1) is 0 Å². The summed E-state index contributed by atoms with van der Waals surface area (Å²) in [7, 11) is 0. The summed E-state index contributed by atoms with van der Waals surface area (Å²) in [6.45, 7) is 3.68. The zero-order chi connectivity index (χ0) is 13.7. The van der Waals surface area contributed by atoms with Crippen LogP contribution in [0.1, 0.15) is 24.2 Å². The van der Waals surface area contributed by atoms with Crippen LogP contribution in [0.25, 0.3) is 0 Å². The standard InChI is InChI=1S/C12H17N3O3/c1-8(2)15(7-11(13)14-18)12(17)9-4-3-5-10(16)6-9/h3-6,8,16,18H,7H2,1-2H3,(H2,13,14). The van der Waals surface area contributed by atoms with Gasteiger partial charge < -0.3 is 20.9 Å². The third-order valence-electron chi connectivity index (χ3n) is 2.44. The van der Waals surface area contributed by atoms with Crippen molar-refractivity contribution in [1.29, 1.82) is 0 Å². The first kappa shape index (κ1) is 13.8. The number of benzene rings is 1. The number of amides is 1. The van der Waals surface area contributed by atoms with E-state index < -0.39 is 0 Å². The molecule has 1 amide bonds. The Morgan fingerprint density at radius 3 is 2.67 bits per heavy atom. The number of hydrogen-bond donors (Lipinski definition) is 3. The molecule has 0 radical (unpaired) electrons. The third-order valence-corrected chi connectivity index (χ3v) is 2.44. The molecular weight excluding hydrogens is 234 g/mol. The summed E-state index contributed by atoms with van der Waals surface area (Å²) in [5.41, 5.74) is 5.77. The lowest BCUT2D eigenvalue weighted by molar-refractivity contribution is 0.0733. The largest absolute Gasteiger partial charge is 0.508 e. The molecule has 4 N–H and O–H groups in total. The van der Waals surface area contributed by atoms with Gasteiger partial charge in [-0.25, -0.2) is 0 Å². The Balaban J connectivity index is 2.96. The van der Waals surface area contributed by atoms with Gasteiger partial charge in [0.25, 0.3) is 5.91 Å². The predicted octanol–water partition coefficient (Wildman–Crippen LogP) is 0.989. The molecule has 0 aliphatic heterocycles. The van der Waals surface area contributed by atoms with Gasteiger partial charge in [-0.3, -0.25) is 4.79 Å². The van der Waals surface area contributed by atoms with Crippen LogP contribution in [0.3, 0.4) is 0 Å². The number of amidine groups is 1. The zero-order valence-corrected chi connectivity index (χ0v) is 10.4. The van der Waals surface area contributed by atoms with Gasteiger partial charge >= 0.3 is 0 Å². The number of oxime groups is 1. The molecule has 1 rings (SSSR count). The highest BCUT2D eigenvalue weighted by atomic mass is 16.4. The van der Waals surface area contributed by atoms with E-state index in [0.717, 1.165) is 0 Å². The molecule has 18 heavy (non-hydrogen) atoms. The van der Waals surface area contributed by atoms with E-state index in [0.29, 0.717) is 5.56 Å². The van der Waals surface area contributed by atoms with Crippen LogP contribution in [0.5, 0.6) is 5.75 Å². The minimum atomic E-state index is -0.285. The maximum absolute atomic E-state index is 12.2. The monoisotopic (exact) mass is 251 g/mol. The Hall–Kier alpha value is -2.24. The Kier molecular flexibility index (Phi) is 4.53. The number of carbonyl (C=O) groups is 1. The first-order valence-electron chi connectivity index (χ1n) is 5.52. The van der Waals surface area contributed by atoms with Crippen LogP contribution in [0, 0.1) is 0 Å². The van der Waals surface area contributed by atoms with Crippen LogP contribution in [0.2, 0.25) is 0 Å². The molecule has 0 bridgehead atoms. The fourth-order valence-corrected chi connectivity index (χ4v) is 1.50. The average molecular weight is 251 g/mol. The van der Waals surface area contributed by atoms with Gasteiger partial charge in [0, 0.05) is 11.6 Å². The van der Waals surface area contributed by atoms with Crippen molar-refractivity contribution in [2.24, 2.45) is 10.9 Å². The SMILES string of the molecule is CC(C)N(CC(N)=NO)C(=O)c1cccc(O)c1. The van der Waals surface area contributed by atoms with Gasteiger partial charge in [0.05, 0.1) is 6.54 Å². The molecule has 0 saturated heterocycles. The number of rotatable bonds is 4. The van der Waals surface area contributed by atoms with Crippen LogP contribution in [-0.2, 0) is 0 Å². The topological polar surface area (TPSA) is 99.1 Å². The van der Waals surface area contributed by atoms with E-state index in [2.05, 4.69) is 5.16 Å². The van der Waals surface area contributed by atoms with Gasteiger partial charge in [0.1, 0.15) is 5.75 Å². The van der Waals surface area contributed by atoms with E-state index in [1.165, 1.54) is 17.0 Å². The molecule has 0 heterocycles. The van der Waals surface area contributed by atoms with E-state index in [1.54, 1.807) is 12.1 Å². The normalized spacial score (nSPS) is 11.6. The van der Waals surface area contributed by atoms with Gasteiger partial charge in [0.2, 0.25) is 0 Å². The molecule has 0 atom stereocenters.